The van der Waals surface area contributed by atoms with Crippen molar-refractivity contribution in [3.63, 3.8) is 0 Å². The van der Waals surface area contributed by atoms with Crippen LogP contribution in [-0.4, -0.2) is 7.05 Å². The SMILES string of the molecule is CC.CNc1sccc1C. The van der Waals surface area contributed by atoms with Crippen LogP contribution >= 0.6 is 11.3 Å². The lowest BCUT2D eigenvalue weighted by Crippen LogP contribution is -1.83. The molecule has 0 spiro atoms. The fourth-order valence-electron chi connectivity index (χ4n) is 0.629. The summed E-state index contributed by atoms with van der Waals surface area (Å²) in [5, 5.41) is 6.45. The van der Waals surface area contributed by atoms with Gasteiger partial charge in [-0.2, -0.15) is 0 Å². The van der Waals surface area contributed by atoms with E-state index in [2.05, 4.69) is 23.7 Å². The minimum absolute atomic E-state index is 1.27. The van der Waals surface area contributed by atoms with Crippen molar-refractivity contribution in [1.82, 2.24) is 0 Å². The fourth-order valence-corrected chi connectivity index (χ4v) is 1.41. The zero-order valence-corrected chi connectivity index (χ0v) is 7.88. The van der Waals surface area contributed by atoms with E-state index >= 15 is 0 Å². The second kappa shape index (κ2) is 5.30. The van der Waals surface area contributed by atoms with Gasteiger partial charge in [0.05, 0.1) is 5.00 Å². The second-order valence-electron chi connectivity index (χ2n) is 1.68. The number of thiophene rings is 1. The molecule has 1 heterocycles. The predicted octanol–water partition coefficient (Wildman–Crippen LogP) is 3.12. The molecule has 1 nitrogen and oxygen atoms in total. The van der Waals surface area contributed by atoms with Crippen molar-refractivity contribution in [1.29, 1.82) is 0 Å². The molecule has 0 unspecified atom stereocenters. The van der Waals surface area contributed by atoms with E-state index in [1.165, 1.54) is 10.6 Å². The smallest absolute Gasteiger partial charge is 0.0909 e. The molecule has 0 saturated heterocycles. The van der Waals surface area contributed by atoms with Gasteiger partial charge in [-0.05, 0) is 23.9 Å². The third-order valence-electron chi connectivity index (χ3n) is 1.09. The summed E-state index contributed by atoms with van der Waals surface area (Å²) in [6.07, 6.45) is 0. The van der Waals surface area contributed by atoms with Crippen molar-refractivity contribution >= 4 is 16.3 Å². The van der Waals surface area contributed by atoms with Gasteiger partial charge in [0.25, 0.3) is 0 Å². The lowest BCUT2D eigenvalue weighted by molar-refractivity contribution is 1.48. The average Bonchev–Trinajstić information content (AvgIpc) is 2.39. The molecule has 0 fully saturated rings. The van der Waals surface area contributed by atoms with Crippen molar-refractivity contribution in [2.45, 2.75) is 20.8 Å². The van der Waals surface area contributed by atoms with Crippen LogP contribution in [-0.2, 0) is 0 Å². The van der Waals surface area contributed by atoms with Gasteiger partial charge in [-0.3, -0.25) is 0 Å². The van der Waals surface area contributed by atoms with Gasteiger partial charge in [-0.25, -0.2) is 0 Å². The molecule has 0 radical (unpaired) electrons. The monoisotopic (exact) mass is 157 g/mol. The first kappa shape index (κ1) is 9.50. The van der Waals surface area contributed by atoms with Gasteiger partial charge < -0.3 is 5.32 Å². The van der Waals surface area contributed by atoms with E-state index in [4.69, 9.17) is 0 Å². The normalized spacial score (nSPS) is 8.00. The Bertz CT molecular complexity index is 170. The van der Waals surface area contributed by atoms with Crippen LogP contribution in [0.2, 0.25) is 0 Å². The van der Waals surface area contributed by atoms with Gasteiger partial charge in [0.1, 0.15) is 0 Å². The summed E-state index contributed by atoms with van der Waals surface area (Å²) in [6, 6.07) is 2.11. The minimum Gasteiger partial charge on any atom is -0.380 e. The molecule has 2 heteroatoms. The maximum Gasteiger partial charge on any atom is 0.0909 e. The Morgan fingerprint density at radius 3 is 2.20 bits per heavy atom. The summed E-state index contributed by atoms with van der Waals surface area (Å²) in [4.78, 5) is 0. The Morgan fingerprint density at radius 1 is 1.40 bits per heavy atom. The first-order valence-corrected chi connectivity index (χ1v) is 4.44. The first-order chi connectivity index (χ1) is 4.84. The van der Waals surface area contributed by atoms with Crippen LogP contribution < -0.4 is 5.32 Å². The molecule has 0 atom stereocenters. The van der Waals surface area contributed by atoms with Crippen LogP contribution in [0, 0.1) is 6.92 Å². The van der Waals surface area contributed by atoms with Crippen molar-refractivity contribution in [3.05, 3.63) is 17.0 Å². The Kier molecular flexibility index (Phi) is 5.03. The van der Waals surface area contributed by atoms with Crippen LogP contribution in [0.4, 0.5) is 5.00 Å². The Labute approximate surface area is 67.1 Å². The summed E-state index contributed by atoms with van der Waals surface area (Å²) >= 11 is 1.74. The van der Waals surface area contributed by atoms with Crippen LogP contribution in [0.1, 0.15) is 19.4 Å². The molecular formula is C8H15NS. The van der Waals surface area contributed by atoms with E-state index < -0.39 is 0 Å². The van der Waals surface area contributed by atoms with Crippen molar-refractivity contribution in [3.8, 4) is 0 Å². The van der Waals surface area contributed by atoms with E-state index in [9.17, 15) is 0 Å². The predicted molar refractivity (Wildman–Crippen MR) is 50.0 cm³/mol. The molecule has 58 valence electrons. The second-order valence-corrected chi connectivity index (χ2v) is 2.60. The Hall–Kier alpha value is -0.500. The molecule has 0 bridgehead atoms. The average molecular weight is 157 g/mol. The molecule has 0 amide bonds. The highest BCUT2D eigenvalue weighted by Crippen LogP contribution is 2.20. The van der Waals surface area contributed by atoms with Crippen molar-refractivity contribution < 1.29 is 0 Å². The molecule has 0 saturated carbocycles. The molecule has 1 aromatic rings. The van der Waals surface area contributed by atoms with E-state index in [0.717, 1.165) is 0 Å². The Morgan fingerprint density at radius 2 is 2.00 bits per heavy atom. The lowest BCUT2D eigenvalue weighted by Gasteiger charge is -1.92. The van der Waals surface area contributed by atoms with Gasteiger partial charge in [-0.1, -0.05) is 13.8 Å². The number of anilines is 1. The van der Waals surface area contributed by atoms with E-state index in [0.29, 0.717) is 0 Å². The van der Waals surface area contributed by atoms with Gasteiger partial charge in [-0.15, -0.1) is 11.3 Å². The number of aryl methyl sites for hydroxylation is 1. The molecular weight excluding hydrogens is 142 g/mol. The molecule has 1 aromatic heterocycles. The molecule has 1 N–H and O–H groups in total. The Balaban J connectivity index is 0.000000371. The number of nitrogens with one attached hydrogen (secondary N) is 1. The minimum atomic E-state index is 1.27. The zero-order chi connectivity index (χ0) is 7.98. The zero-order valence-electron chi connectivity index (χ0n) is 7.06. The van der Waals surface area contributed by atoms with Crippen LogP contribution in [0.5, 0.6) is 0 Å². The molecule has 0 aliphatic rings. The molecule has 1 rings (SSSR count). The number of hydrogen-bond acceptors (Lipinski definition) is 2. The highest BCUT2D eigenvalue weighted by atomic mass is 32.1. The molecule has 0 aliphatic heterocycles. The molecule has 0 aromatic carbocycles. The fraction of sp³-hybridized carbons (Fsp3) is 0.500. The molecule has 10 heavy (non-hydrogen) atoms. The maximum atomic E-state index is 3.09. The maximum absolute atomic E-state index is 3.09. The third-order valence-corrected chi connectivity index (χ3v) is 2.12. The summed E-state index contributed by atoms with van der Waals surface area (Å²) in [5.41, 5.74) is 1.33. The highest BCUT2D eigenvalue weighted by molar-refractivity contribution is 7.14. The first-order valence-electron chi connectivity index (χ1n) is 3.56. The van der Waals surface area contributed by atoms with Crippen LogP contribution in [0.15, 0.2) is 11.4 Å². The summed E-state index contributed by atoms with van der Waals surface area (Å²) in [6.45, 7) is 6.10. The quantitative estimate of drug-likeness (QED) is 0.660. The topological polar surface area (TPSA) is 12.0 Å². The lowest BCUT2D eigenvalue weighted by atomic mass is 10.4. The molecule has 0 aliphatic carbocycles. The van der Waals surface area contributed by atoms with Gasteiger partial charge in [0.15, 0.2) is 0 Å². The van der Waals surface area contributed by atoms with Gasteiger partial charge >= 0.3 is 0 Å². The standard InChI is InChI=1S/C6H9NS.C2H6/c1-5-3-4-8-6(5)7-2;1-2/h3-4,7H,1-2H3;1-2H3. The van der Waals surface area contributed by atoms with E-state index in [-0.39, 0.29) is 0 Å². The van der Waals surface area contributed by atoms with E-state index in [1.54, 1.807) is 11.3 Å². The number of hydrogen-bond donors (Lipinski definition) is 1. The summed E-state index contributed by atoms with van der Waals surface area (Å²) in [5.74, 6) is 0. The van der Waals surface area contributed by atoms with Gasteiger partial charge in [0.2, 0.25) is 0 Å². The van der Waals surface area contributed by atoms with Crippen molar-refractivity contribution in [2.24, 2.45) is 0 Å². The summed E-state index contributed by atoms with van der Waals surface area (Å²) < 4.78 is 0. The van der Waals surface area contributed by atoms with Crippen molar-refractivity contribution in [2.75, 3.05) is 12.4 Å². The highest BCUT2D eigenvalue weighted by Gasteiger charge is 1.91. The van der Waals surface area contributed by atoms with Gasteiger partial charge in [0, 0.05) is 7.05 Å². The largest absolute Gasteiger partial charge is 0.380 e. The summed E-state index contributed by atoms with van der Waals surface area (Å²) in [7, 11) is 1.94. The third kappa shape index (κ3) is 2.40. The van der Waals surface area contributed by atoms with Crippen LogP contribution in [0.25, 0.3) is 0 Å². The van der Waals surface area contributed by atoms with Crippen LogP contribution in [0.3, 0.4) is 0 Å². The van der Waals surface area contributed by atoms with E-state index in [1.807, 2.05) is 20.9 Å². The number of rotatable bonds is 1.